The maximum atomic E-state index is 13.2. The van der Waals surface area contributed by atoms with Crippen LogP contribution in [0.25, 0.3) is 0 Å². The van der Waals surface area contributed by atoms with Crippen LogP contribution in [0.1, 0.15) is 24.0 Å². The van der Waals surface area contributed by atoms with Gasteiger partial charge in [0.1, 0.15) is 11.5 Å². The summed E-state index contributed by atoms with van der Waals surface area (Å²) < 4.78 is 66.6. The lowest BCUT2D eigenvalue weighted by molar-refractivity contribution is -0.138. The Bertz CT molecular complexity index is 1010. The molecule has 0 aromatic heterocycles. The van der Waals surface area contributed by atoms with Crippen LogP contribution in [0.15, 0.2) is 54.4 Å². The minimum atomic E-state index is -4.55. The third kappa shape index (κ3) is 7.84. The fourth-order valence-electron chi connectivity index (χ4n) is 2.97. The zero-order valence-corrected chi connectivity index (χ0v) is 19.8. The van der Waals surface area contributed by atoms with Crippen LogP contribution in [0, 0.1) is 0 Å². The van der Waals surface area contributed by atoms with E-state index in [0.29, 0.717) is 24.3 Å². The number of hydrogen-bond donors (Lipinski definition) is 2. The monoisotopic (exact) mass is 507 g/mol. The zero-order valence-electron chi connectivity index (χ0n) is 18.1. The van der Waals surface area contributed by atoms with Crippen molar-refractivity contribution in [2.45, 2.75) is 31.0 Å². The molecule has 182 valence electrons. The number of halogens is 4. The molecule has 11 heteroatoms. The summed E-state index contributed by atoms with van der Waals surface area (Å²) in [5.74, 6) is 1.06. The van der Waals surface area contributed by atoms with Gasteiger partial charge in [0.05, 0.1) is 17.7 Å². The number of hydrogen-bond acceptors (Lipinski definition) is 6. The van der Waals surface area contributed by atoms with Gasteiger partial charge in [-0.3, -0.25) is 4.57 Å². The van der Waals surface area contributed by atoms with Crippen molar-refractivity contribution in [3.63, 3.8) is 0 Å². The SMILES string of the molecule is COP(=O)(/C=C/C(N)(CO)CCCc1ccc(Oc2ccccc2C(F)(F)F)cc1Cl)OC. The Labute approximate surface area is 195 Å². The van der Waals surface area contributed by atoms with Gasteiger partial charge in [0.25, 0.3) is 0 Å². The molecule has 0 aliphatic carbocycles. The summed E-state index contributed by atoms with van der Waals surface area (Å²) in [6.45, 7) is -0.393. The number of para-hydroxylation sites is 1. The quantitative estimate of drug-likeness (QED) is 0.354. The predicted molar refractivity (Wildman–Crippen MR) is 121 cm³/mol. The van der Waals surface area contributed by atoms with E-state index < -0.39 is 31.5 Å². The molecular formula is C22H26ClF3NO5P. The molecule has 0 heterocycles. The van der Waals surface area contributed by atoms with Crippen LogP contribution in [0.5, 0.6) is 11.5 Å². The van der Waals surface area contributed by atoms with Crippen LogP contribution in [0.2, 0.25) is 5.02 Å². The van der Waals surface area contributed by atoms with Crippen molar-refractivity contribution in [2.24, 2.45) is 5.73 Å². The lowest BCUT2D eigenvalue weighted by Crippen LogP contribution is -2.41. The predicted octanol–water partition coefficient (Wildman–Crippen LogP) is 6.16. The number of benzene rings is 2. The highest BCUT2D eigenvalue weighted by molar-refractivity contribution is 7.57. The van der Waals surface area contributed by atoms with Gasteiger partial charge < -0.3 is 24.6 Å². The number of aryl methyl sites for hydroxylation is 1. The molecule has 33 heavy (non-hydrogen) atoms. The van der Waals surface area contributed by atoms with Crippen molar-refractivity contribution in [1.29, 1.82) is 0 Å². The molecule has 0 bridgehead atoms. The van der Waals surface area contributed by atoms with Crippen LogP contribution in [-0.2, 0) is 26.2 Å². The lowest BCUT2D eigenvalue weighted by Gasteiger charge is -2.24. The van der Waals surface area contributed by atoms with E-state index in [4.69, 9.17) is 31.1 Å². The highest BCUT2D eigenvalue weighted by Crippen LogP contribution is 2.48. The van der Waals surface area contributed by atoms with Crippen LogP contribution in [0.3, 0.4) is 0 Å². The van der Waals surface area contributed by atoms with E-state index >= 15 is 0 Å². The zero-order chi connectivity index (χ0) is 24.7. The molecule has 0 spiro atoms. The number of rotatable bonds is 11. The minimum absolute atomic E-state index is 0.168. The van der Waals surface area contributed by atoms with Crippen molar-refractivity contribution in [2.75, 3.05) is 20.8 Å². The third-order valence-corrected chi connectivity index (χ3v) is 6.81. The average Bonchev–Trinajstić information content (AvgIpc) is 2.78. The van der Waals surface area contributed by atoms with Gasteiger partial charge in [-0.15, -0.1) is 0 Å². The normalized spacial score (nSPS) is 14.4. The fourth-order valence-corrected chi connectivity index (χ4v) is 4.11. The van der Waals surface area contributed by atoms with Crippen LogP contribution in [-0.4, -0.2) is 31.5 Å². The first-order valence-electron chi connectivity index (χ1n) is 9.89. The standard InChI is InChI=1S/C22H26ClF3NO5P/c1-30-33(29,31-2)13-12-21(27,15-28)11-5-6-16-9-10-17(14-19(16)23)32-20-8-4-3-7-18(20)22(24,25)26/h3-4,7-10,12-14,28H,5-6,11,15,27H2,1-2H3/b13-12+. The van der Waals surface area contributed by atoms with Gasteiger partial charge in [0.15, 0.2) is 0 Å². The highest BCUT2D eigenvalue weighted by atomic mass is 35.5. The first-order valence-corrected chi connectivity index (χ1v) is 11.9. The summed E-state index contributed by atoms with van der Waals surface area (Å²) in [6, 6.07) is 9.55. The molecule has 0 fully saturated rings. The fraction of sp³-hybridized carbons (Fsp3) is 0.364. The number of ether oxygens (including phenoxy) is 1. The molecule has 0 aliphatic rings. The van der Waals surface area contributed by atoms with Gasteiger partial charge >= 0.3 is 13.8 Å². The molecule has 0 saturated carbocycles. The van der Waals surface area contributed by atoms with Crippen molar-refractivity contribution in [3.05, 3.63) is 70.5 Å². The molecular weight excluding hydrogens is 482 g/mol. The van der Waals surface area contributed by atoms with E-state index in [0.717, 1.165) is 11.6 Å². The third-order valence-electron chi connectivity index (χ3n) is 4.93. The van der Waals surface area contributed by atoms with Crippen molar-refractivity contribution < 1.29 is 36.6 Å². The minimum Gasteiger partial charge on any atom is -0.457 e. The molecule has 0 radical (unpaired) electrons. The van der Waals surface area contributed by atoms with Gasteiger partial charge in [-0.05, 0) is 49.1 Å². The summed E-state index contributed by atoms with van der Waals surface area (Å²) in [5, 5.41) is 9.99. The Morgan fingerprint density at radius 1 is 1.15 bits per heavy atom. The van der Waals surface area contributed by atoms with E-state index in [2.05, 4.69) is 0 Å². The molecule has 2 aromatic rings. The number of aliphatic hydroxyl groups is 1. The summed E-state index contributed by atoms with van der Waals surface area (Å²) in [5.41, 5.74) is 4.86. The largest absolute Gasteiger partial charge is 0.457 e. The molecule has 0 saturated heterocycles. The highest BCUT2D eigenvalue weighted by Gasteiger charge is 2.34. The van der Waals surface area contributed by atoms with E-state index in [1.54, 1.807) is 6.07 Å². The van der Waals surface area contributed by atoms with Crippen molar-refractivity contribution >= 4 is 19.2 Å². The van der Waals surface area contributed by atoms with E-state index in [1.165, 1.54) is 56.4 Å². The molecule has 6 nitrogen and oxygen atoms in total. The first kappa shape index (κ1) is 27.4. The average molecular weight is 508 g/mol. The molecule has 2 rings (SSSR count). The topological polar surface area (TPSA) is 91.0 Å². The van der Waals surface area contributed by atoms with Crippen molar-refractivity contribution in [3.8, 4) is 11.5 Å². The molecule has 0 amide bonds. The Morgan fingerprint density at radius 2 is 1.82 bits per heavy atom. The second kappa shape index (κ2) is 11.5. The Morgan fingerprint density at radius 3 is 2.39 bits per heavy atom. The van der Waals surface area contributed by atoms with Gasteiger partial charge in [-0.1, -0.05) is 35.9 Å². The van der Waals surface area contributed by atoms with E-state index in [-0.39, 0.29) is 11.5 Å². The molecule has 3 N–H and O–H groups in total. The van der Waals surface area contributed by atoms with Crippen molar-refractivity contribution in [1.82, 2.24) is 0 Å². The van der Waals surface area contributed by atoms with Gasteiger partial charge in [0, 0.05) is 25.1 Å². The molecule has 1 unspecified atom stereocenters. The summed E-state index contributed by atoms with van der Waals surface area (Å²) in [6.07, 6.45) is -1.81. The van der Waals surface area contributed by atoms with Gasteiger partial charge in [-0.2, -0.15) is 13.2 Å². The molecule has 0 aliphatic heterocycles. The molecule has 1 atom stereocenters. The number of nitrogens with two attached hydrogens (primary N) is 1. The number of aliphatic hydroxyl groups excluding tert-OH is 1. The van der Waals surface area contributed by atoms with Crippen LogP contribution < -0.4 is 10.5 Å². The number of alkyl halides is 3. The van der Waals surface area contributed by atoms with Gasteiger partial charge in [0.2, 0.25) is 0 Å². The maximum Gasteiger partial charge on any atom is 0.419 e. The van der Waals surface area contributed by atoms with Gasteiger partial charge in [-0.25, -0.2) is 0 Å². The van der Waals surface area contributed by atoms with Crippen LogP contribution in [0.4, 0.5) is 13.2 Å². The van der Waals surface area contributed by atoms with Crippen LogP contribution >= 0.6 is 19.2 Å². The lowest BCUT2D eigenvalue weighted by atomic mass is 9.93. The molecule has 2 aromatic carbocycles. The second-order valence-corrected chi connectivity index (χ2v) is 9.83. The Kier molecular flexibility index (Phi) is 9.55. The maximum absolute atomic E-state index is 13.2. The Hall–Kier alpha value is -1.87. The summed E-state index contributed by atoms with van der Waals surface area (Å²) in [7, 11) is -0.937. The smallest absolute Gasteiger partial charge is 0.419 e. The second-order valence-electron chi connectivity index (χ2n) is 7.31. The summed E-state index contributed by atoms with van der Waals surface area (Å²) >= 11 is 6.30. The Balaban J connectivity index is 2.05. The first-order chi connectivity index (χ1) is 15.4. The van der Waals surface area contributed by atoms with E-state index in [1.807, 2.05) is 0 Å². The van der Waals surface area contributed by atoms with E-state index in [9.17, 15) is 22.8 Å². The summed E-state index contributed by atoms with van der Waals surface area (Å²) in [4.78, 5) is 0.